The molecule has 43 heavy (non-hydrogen) atoms. The highest BCUT2D eigenvalue weighted by atomic mass is 16.5. The summed E-state index contributed by atoms with van der Waals surface area (Å²) in [6.07, 6.45) is 3.76. The third-order valence-electron chi connectivity index (χ3n) is 7.16. The number of amides is 1. The quantitative estimate of drug-likeness (QED) is 0.185. The van der Waals surface area contributed by atoms with Gasteiger partial charge in [-0.3, -0.25) is 9.59 Å². The number of hydrogen-bond acceptors (Lipinski definition) is 8. The number of fused-ring (bicyclic) bond motifs is 2. The highest BCUT2D eigenvalue weighted by Crippen LogP contribution is 2.33. The third-order valence-corrected chi connectivity index (χ3v) is 7.16. The van der Waals surface area contributed by atoms with Gasteiger partial charge in [0, 0.05) is 24.0 Å². The number of carbonyl (C=O) groups excluding carboxylic acids is 1. The van der Waals surface area contributed by atoms with Gasteiger partial charge in [-0.2, -0.15) is 9.78 Å². The molecule has 0 aliphatic carbocycles. The van der Waals surface area contributed by atoms with Crippen molar-refractivity contribution in [2.45, 2.75) is 6.42 Å². The molecule has 218 valence electrons. The average Bonchev–Trinajstić information content (AvgIpc) is 3.48. The molecule has 3 aromatic carbocycles. The topological polar surface area (TPSA) is 108 Å². The van der Waals surface area contributed by atoms with E-state index in [4.69, 9.17) is 23.6 Å². The Balaban J connectivity index is 1.37. The zero-order valence-corrected chi connectivity index (χ0v) is 23.7. The summed E-state index contributed by atoms with van der Waals surface area (Å²) in [4.78, 5) is 32.8. The molecule has 0 radical (unpaired) electrons. The number of carbonyl (C=O) groups is 1. The molecule has 0 atom stereocenters. The maximum atomic E-state index is 13.7. The van der Waals surface area contributed by atoms with Crippen molar-refractivity contribution in [3.63, 3.8) is 0 Å². The molecule has 1 amide bonds. The van der Waals surface area contributed by atoms with Gasteiger partial charge in [-0.05, 0) is 48.4 Å². The number of para-hydroxylation sites is 2. The van der Waals surface area contributed by atoms with Gasteiger partial charge in [0.25, 0.3) is 11.5 Å². The molecule has 5 aromatic rings. The Kier molecular flexibility index (Phi) is 8.01. The van der Waals surface area contributed by atoms with E-state index in [1.165, 1.54) is 11.8 Å². The van der Waals surface area contributed by atoms with E-state index in [0.717, 1.165) is 10.9 Å². The smallest absolute Gasteiger partial charge is 0.282 e. The molecule has 0 N–H and O–H groups in total. The summed E-state index contributed by atoms with van der Waals surface area (Å²) in [5.74, 6) is 1.45. The highest BCUT2D eigenvalue weighted by molar-refractivity contribution is 5.85. The van der Waals surface area contributed by atoms with Gasteiger partial charge >= 0.3 is 0 Å². The van der Waals surface area contributed by atoms with Crippen LogP contribution in [0.15, 0.2) is 93.7 Å². The molecule has 1 aliphatic heterocycles. The normalized spacial score (nSPS) is 13.6. The Bertz CT molecular complexity index is 1870. The maximum absolute atomic E-state index is 13.7. The van der Waals surface area contributed by atoms with Crippen LogP contribution in [0.3, 0.4) is 0 Å². The van der Waals surface area contributed by atoms with E-state index in [1.54, 1.807) is 41.5 Å². The number of furan rings is 1. The van der Waals surface area contributed by atoms with Crippen LogP contribution in [0, 0.1) is 0 Å². The summed E-state index contributed by atoms with van der Waals surface area (Å²) in [7, 11) is 1.53. The lowest BCUT2D eigenvalue weighted by Crippen LogP contribution is -2.43. The van der Waals surface area contributed by atoms with Crippen molar-refractivity contribution in [1.82, 2.24) is 14.6 Å². The lowest BCUT2D eigenvalue weighted by atomic mass is 10.1. The van der Waals surface area contributed by atoms with Crippen LogP contribution in [0.4, 0.5) is 0 Å². The molecule has 2 aromatic heterocycles. The molecule has 0 bridgehead atoms. The van der Waals surface area contributed by atoms with E-state index in [9.17, 15) is 9.59 Å². The molecule has 3 heterocycles. The Morgan fingerprint density at radius 1 is 1.09 bits per heavy atom. The predicted molar refractivity (Wildman–Crippen MR) is 164 cm³/mol. The number of hydrogen-bond donors (Lipinski definition) is 0. The lowest BCUT2D eigenvalue weighted by molar-refractivity contribution is -0.137. The lowest BCUT2D eigenvalue weighted by Gasteiger charge is -2.27. The summed E-state index contributed by atoms with van der Waals surface area (Å²) in [6, 6.07) is 20.2. The van der Waals surface area contributed by atoms with Crippen LogP contribution in [0.1, 0.15) is 11.1 Å². The Morgan fingerprint density at radius 3 is 2.67 bits per heavy atom. The van der Waals surface area contributed by atoms with Crippen molar-refractivity contribution >= 4 is 34.0 Å². The van der Waals surface area contributed by atoms with Crippen LogP contribution in [-0.4, -0.2) is 66.7 Å². The second-order valence-corrected chi connectivity index (χ2v) is 9.95. The van der Waals surface area contributed by atoms with Crippen molar-refractivity contribution < 1.29 is 23.4 Å². The molecule has 1 saturated heterocycles. The zero-order valence-electron chi connectivity index (χ0n) is 23.7. The molecule has 1 aliphatic rings. The molecule has 10 heteroatoms. The van der Waals surface area contributed by atoms with Crippen molar-refractivity contribution in [1.29, 1.82) is 0 Å². The van der Waals surface area contributed by atoms with Gasteiger partial charge in [-0.25, -0.2) is 4.98 Å². The van der Waals surface area contributed by atoms with Crippen molar-refractivity contribution in [3.05, 3.63) is 101 Å². The van der Waals surface area contributed by atoms with Crippen LogP contribution in [0.2, 0.25) is 0 Å². The van der Waals surface area contributed by atoms with Crippen LogP contribution in [0.25, 0.3) is 33.5 Å². The molecule has 10 nitrogen and oxygen atoms in total. The average molecular weight is 579 g/mol. The van der Waals surface area contributed by atoms with Gasteiger partial charge in [-0.15, -0.1) is 6.58 Å². The minimum atomic E-state index is -0.336. The maximum Gasteiger partial charge on any atom is 0.282 e. The number of aromatic nitrogens is 2. The summed E-state index contributed by atoms with van der Waals surface area (Å²) in [5, 5.41) is 5.89. The van der Waals surface area contributed by atoms with Crippen molar-refractivity contribution in [2.24, 2.45) is 5.10 Å². The van der Waals surface area contributed by atoms with Crippen LogP contribution in [-0.2, 0) is 16.0 Å². The molecule has 0 unspecified atom stereocenters. The predicted octanol–water partition coefficient (Wildman–Crippen LogP) is 4.67. The second-order valence-electron chi connectivity index (χ2n) is 9.95. The number of benzene rings is 3. The van der Waals surface area contributed by atoms with E-state index in [2.05, 4.69) is 11.7 Å². The SMILES string of the molecule is C=CCc1cc(C=Nn2c(-c3cc4ccccc4o3)nc3ccccc3c2=O)cc(OC)c1OCC(=O)N1CCOCC1. The van der Waals surface area contributed by atoms with Gasteiger partial charge in [0.05, 0.1) is 37.4 Å². The number of ether oxygens (including phenoxy) is 3. The standard InChI is InChI=1S/C33H30N4O6/c1-3-8-24-17-22(18-28(40-2)31(24)42-21-30(38)36-13-15-41-16-14-36)20-34-37-32(29-19-23-9-4-7-12-27(23)43-29)35-26-11-6-5-10-25(26)33(37)39/h3-7,9-12,17-20H,1,8,13-16,21H2,2H3. The van der Waals surface area contributed by atoms with E-state index in [-0.39, 0.29) is 23.9 Å². The van der Waals surface area contributed by atoms with E-state index in [0.29, 0.717) is 72.0 Å². The minimum absolute atomic E-state index is 0.123. The van der Waals surface area contributed by atoms with Gasteiger partial charge in [0.15, 0.2) is 23.9 Å². The zero-order chi connectivity index (χ0) is 29.8. The Morgan fingerprint density at radius 2 is 1.88 bits per heavy atom. The van der Waals surface area contributed by atoms with E-state index >= 15 is 0 Å². The first-order chi connectivity index (χ1) is 21.1. The van der Waals surface area contributed by atoms with Gasteiger partial charge < -0.3 is 23.5 Å². The number of nitrogens with zero attached hydrogens (tertiary/aromatic N) is 4. The number of methoxy groups -OCH3 is 1. The summed E-state index contributed by atoms with van der Waals surface area (Å²) in [5.41, 5.74) is 2.29. The highest BCUT2D eigenvalue weighted by Gasteiger charge is 2.20. The molecule has 6 rings (SSSR count). The van der Waals surface area contributed by atoms with Crippen LogP contribution < -0.4 is 15.0 Å². The summed E-state index contributed by atoms with van der Waals surface area (Å²) < 4.78 is 24.3. The molecule has 0 spiro atoms. The largest absolute Gasteiger partial charge is 0.493 e. The first-order valence-corrected chi connectivity index (χ1v) is 13.9. The van der Waals surface area contributed by atoms with Gasteiger partial charge in [0.2, 0.25) is 5.82 Å². The van der Waals surface area contributed by atoms with E-state index in [1.807, 2.05) is 42.5 Å². The van der Waals surface area contributed by atoms with Crippen molar-refractivity contribution in [3.8, 4) is 23.1 Å². The summed E-state index contributed by atoms with van der Waals surface area (Å²) >= 11 is 0. The number of rotatable bonds is 9. The van der Waals surface area contributed by atoms with Crippen LogP contribution >= 0.6 is 0 Å². The van der Waals surface area contributed by atoms with Crippen LogP contribution in [0.5, 0.6) is 11.5 Å². The fraction of sp³-hybridized carbons (Fsp3) is 0.212. The van der Waals surface area contributed by atoms with Crippen molar-refractivity contribution in [2.75, 3.05) is 40.0 Å². The monoisotopic (exact) mass is 578 g/mol. The minimum Gasteiger partial charge on any atom is -0.493 e. The first-order valence-electron chi connectivity index (χ1n) is 13.9. The molecule has 1 fully saturated rings. The third kappa shape index (κ3) is 5.77. The Labute approximate surface area is 247 Å². The Hall–Kier alpha value is -5.22. The fourth-order valence-corrected chi connectivity index (χ4v) is 5.03. The number of allylic oxidation sites excluding steroid dienone is 1. The fourth-order valence-electron chi connectivity index (χ4n) is 5.03. The summed E-state index contributed by atoms with van der Waals surface area (Å²) in [6.45, 7) is 5.83. The number of morpholine rings is 1. The molecular weight excluding hydrogens is 548 g/mol. The molecule has 0 saturated carbocycles. The van der Waals surface area contributed by atoms with Gasteiger partial charge in [0.1, 0.15) is 5.58 Å². The van der Waals surface area contributed by atoms with Gasteiger partial charge in [-0.1, -0.05) is 36.4 Å². The molecular formula is C33H30N4O6. The second kappa shape index (κ2) is 12.3. The van der Waals surface area contributed by atoms with E-state index < -0.39 is 0 Å². The first kappa shape index (κ1) is 27.9.